The van der Waals surface area contributed by atoms with E-state index < -0.39 is 0 Å². The van der Waals surface area contributed by atoms with E-state index in [1.807, 2.05) is 12.1 Å². The average Bonchev–Trinajstić information content (AvgIpc) is 2.65. The molecule has 4 heteroatoms. The number of benzene rings is 2. The maximum Gasteiger partial charge on any atom is 0.119 e. The van der Waals surface area contributed by atoms with Crippen molar-refractivity contribution in [3.63, 3.8) is 0 Å². The molecule has 3 rings (SSSR count). The molecule has 0 bridgehead atoms. The van der Waals surface area contributed by atoms with Gasteiger partial charge in [-0.25, -0.2) is 0 Å². The van der Waals surface area contributed by atoms with Crippen molar-refractivity contribution in [3.05, 3.63) is 76.8 Å². The van der Waals surface area contributed by atoms with Crippen LogP contribution in [0.3, 0.4) is 0 Å². The number of rotatable bonds is 6. The molecule has 1 fully saturated rings. The number of hydrogen-bond donors (Lipinski definition) is 0. The molecule has 0 spiro atoms. The minimum Gasteiger partial charge on any atom is -0.497 e. The van der Waals surface area contributed by atoms with E-state index in [9.17, 15) is 0 Å². The Kier molecular flexibility index (Phi) is 6.29. The molecule has 0 aromatic heterocycles. The van der Waals surface area contributed by atoms with Crippen LogP contribution in [0.15, 0.2) is 65.7 Å². The van der Waals surface area contributed by atoms with Crippen LogP contribution in [-0.4, -0.2) is 49.6 Å². The lowest BCUT2D eigenvalue weighted by atomic mass is 9.96. The quantitative estimate of drug-likeness (QED) is 0.670. The van der Waals surface area contributed by atoms with Gasteiger partial charge in [0.2, 0.25) is 0 Å². The van der Waals surface area contributed by atoms with Gasteiger partial charge in [-0.15, -0.1) is 6.58 Å². The van der Waals surface area contributed by atoms with Gasteiger partial charge in [-0.3, -0.25) is 9.80 Å². The molecule has 3 nitrogen and oxygen atoms in total. The van der Waals surface area contributed by atoms with Crippen molar-refractivity contribution in [2.24, 2.45) is 0 Å². The van der Waals surface area contributed by atoms with Crippen LogP contribution in [0, 0.1) is 0 Å². The van der Waals surface area contributed by atoms with Gasteiger partial charge >= 0.3 is 0 Å². The summed E-state index contributed by atoms with van der Waals surface area (Å²) in [4.78, 5) is 5.02. The zero-order valence-electron chi connectivity index (χ0n) is 14.7. The van der Waals surface area contributed by atoms with Gasteiger partial charge < -0.3 is 4.74 Å². The zero-order valence-corrected chi connectivity index (χ0v) is 16.3. The molecule has 0 radical (unpaired) electrons. The van der Waals surface area contributed by atoms with Gasteiger partial charge in [0.15, 0.2) is 0 Å². The summed E-state index contributed by atoms with van der Waals surface area (Å²) in [6.07, 6.45) is 1.99. The molecule has 0 aliphatic carbocycles. The lowest BCUT2D eigenvalue weighted by molar-refractivity contribution is 0.117. The molecule has 1 saturated heterocycles. The van der Waals surface area contributed by atoms with Gasteiger partial charge in [0.25, 0.3) is 0 Å². The van der Waals surface area contributed by atoms with Gasteiger partial charge in [-0.2, -0.15) is 0 Å². The number of ether oxygens (including phenoxy) is 1. The molecule has 0 amide bonds. The molecule has 0 unspecified atom stereocenters. The smallest absolute Gasteiger partial charge is 0.119 e. The molecule has 1 atom stereocenters. The summed E-state index contributed by atoms with van der Waals surface area (Å²) < 4.78 is 6.56. The van der Waals surface area contributed by atoms with Gasteiger partial charge in [0, 0.05) is 37.2 Å². The Morgan fingerprint density at radius 1 is 1.08 bits per heavy atom. The monoisotopic (exact) mass is 400 g/mol. The molecule has 25 heavy (non-hydrogen) atoms. The third-order valence-electron chi connectivity index (χ3n) is 4.75. The number of piperazine rings is 1. The van der Waals surface area contributed by atoms with Crippen LogP contribution >= 0.6 is 15.9 Å². The van der Waals surface area contributed by atoms with Crippen LogP contribution in [-0.2, 0) is 0 Å². The summed E-state index contributed by atoms with van der Waals surface area (Å²) in [6, 6.07) is 17.3. The van der Waals surface area contributed by atoms with Crippen LogP contribution in [0.5, 0.6) is 5.75 Å². The highest BCUT2D eigenvalue weighted by Gasteiger charge is 2.26. The number of nitrogens with zero attached hydrogens (tertiary/aromatic N) is 2. The van der Waals surface area contributed by atoms with E-state index in [2.05, 4.69) is 74.8 Å². The van der Waals surface area contributed by atoms with Crippen LogP contribution in [0.1, 0.15) is 17.2 Å². The van der Waals surface area contributed by atoms with Gasteiger partial charge in [-0.05, 0) is 35.4 Å². The van der Waals surface area contributed by atoms with Crippen molar-refractivity contribution in [2.75, 3.05) is 39.8 Å². The molecule has 1 heterocycles. The molecule has 2 aromatic carbocycles. The zero-order chi connectivity index (χ0) is 17.6. The van der Waals surface area contributed by atoms with Gasteiger partial charge in [-0.1, -0.05) is 46.3 Å². The highest BCUT2D eigenvalue weighted by Crippen LogP contribution is 2.32. The molecular formula is C21H25BrN2O. The Morgan fingerprint density at radius 3 is 2.44 bits per heavy atom. The van der Waals surface area contributed by atoms with Crippen LogP contribution in [0.25, 0.3) is 0 Å². The summed E-state index contributed by atoms with van der Waals surface area (Å²) in [7, 11) is 1.72. The lowest BCUT2D eigenvalue weighted by Crippen LogP contribution is -2.47. The Bertz CT molecular complexity index is 693. The Balaban J connectivity index is 1.89. The Hall–Kier alpha value is -1.62. The predicted molar refractivity (Wildman–Crippen MR) is 107 cm³/mol. The predicted octanol–water partition coefficient (Wildman–Crippen LogP) is 4.35. The lowest BCUT2D eigenvalue weighted by Gasteiger charge is -2.39. The number of hydrogen-bond acceptors (Lipinski definition) is 3. The number of methoxy groups -OCH3 is 1. The molecule has 1 aliphatic rings. The van der Waals surface area contributed by atoms with Crippen molar-refractivity contribution in [2.45, 2.75) is 6.04 Å². The first-order chi connectivity index (χ1) is 12.2. The second-order valence-electron chi connectivity index (χ2n) is 6.36. The van der Waals surface area contributed by atoms with E-state index in [1.165, 1.54) is 11.1 Å². The van der Waals surface area contributed by atoms with Gasteiger partial charge in [0.05, 0.1) is 13.2 Å². The topological polar surface area (TPSA) is 15.7 Å². The fraction of sp³-hybridized carbons (Fsp3) is 0.333. The van der Waals surface area contributed by atoms with Crippen molar-refractivity contribution in [3.8, 4) is 5.75 Å². The Labute approximate surface area is 159 Å². The van der Waals surface area contributed by atoms with Crippen molar-refractivity contribution in [1.82, 2.24) is 9.80 Å². The molecular weight excluding hydrogens is 376 g/mol. The first-order valence-corrected chi connectivity index (χ1v) is 9.47. The summed E-state index contributed by atoms with van der Waals surface area (Å²) >= 11 is 3.55. The maximum atomic E-state index is 5.45. The van der Waals surface area contributed by atoms with Crippen molar-refractivity contribution < 1.29 is 4.74 Å². The summed E-state index contributed by atoms with van der Waals surface area (Å²) in [6.45, 7) is 9.07. The van der Waals surface area contributed by atoms with Crippen LogP contribution in [0.4, 0.5) is 0 Å². The Morgan fingerprint density at radius 2 is 1.80 bits per heavy atom. The normalized spacial score (nSPS) is 17.2. The molecule has 2 aromatic rings. The minimum atomic E-state index is 0.245. The fourth-order valence-electron chi connectivity index (χ4n) is 3.46. The average molecular weight is 401 g/mol. The largest absolute Gasteiger partial charge is 0.497 e. The van der Waals surface area contributed by atoms with E-state index >= 15 is 0 Å². The van der Waals surface area contributed by atoms with E-state index in [0.29, 0.717) is 0 Å². The maximum absolute atomic E-state index is 5.45. The molecule has 132 valence electrons. The summed E-state index contributed by atoms with van der Waals surface area (Å²) in [5.41, 5.74) is 2.59. The molecule has 0 N–H and O–H groups in total. The molecule has 1 aliphatic heterocycles. The fourth-order valence-corrected chi connectivity index (χ4v) is 3.72. The van der Waals surface area contributed by atoms with Gasteiger partial charge in [0.1, 0.15) is 5.75 Å². The third kappa shape index (κ3) is 4.51. The first-order valence-electron chi connectivity index (χ1n) is 8.68. The van der Waals surface area contributed by atoms with E-state index in [0.717, 1.165) is 42.9 Å². The summed E-state index contributed by atoms with van der Waals surface area (Å²) in [5.74, 6) is 0.907. The van der Waals surface area contributed by atoms with E-state index in [1.54, 1.807) is 7.11 Å². The van der Waals surface area contributed by atoms with Crippen molar-refractivity contribution >= 4 is 15.9 Å². The standard InChI is InChI=1S/C21H25BrN2O/c1-3-11-23-12-14-24(15-13-23)21(17-7-9-19(22)10-8-17)18-5-4-6-20(16-18)25-2/h3-10,16,21H,1,11-15H2,2H3/t21-/m1/s1. The minimum absolute atomic E-state index is 0.245. The number of halogens is 1. The highest BCUT2D eigenvalue weighted by atomic mass is 79.9. The van der Waals surface area contributed by atoms with E-state index in [4.69, 9.17) is 4.74 Å². The second-order valence-corrected chi connectivity index (χ2v) is 7.27. The van der Waals surface area contributed by atoms with Crippen LogP contribution < -0.4 is 4.74 Å². The molecule has 0 saturated carbocycles. The third-order valence-corrected chi connectivity index (χ3v) is 5.28. The first kappa shape index (κ1) is 18.2. The SMILES string of the molecule is C=CCN1CCN([C@H](c2ccc(Br)cc2)c2cccc(OC)c2)CC1. The second kappa shape index (κ2) is 8.65. The van der Waals surface area contributed by atoms with E-state index in [-0.39, 0.29) is 6.04 Å². The highest BCUT2D eigenvalue weighted by molar-refractivity contribution is 9.10. The van der Waals surface area contributed by atoms with Crippen LogP contribution in [0.2, 0.25) is 0 Å². The summed E-state index contributed by atoms with van der Waals surface area (Å²) in [5, 5.41) is 0. The van der Waals surface area contributed by atoms with Crippen molar-refractivity contribution in [1.29, 1.82) is 0 Å².